The first-order chi connectivity index (χ1) is 9.54. The van der Waals surface area contributed by atoms with Gasteiger partial charge in [0.2, 0.25) is 5.91 Å². The van der Waals surface area contributed by atoms with Gasteiger partial charge in [0.25, 0.3) is 0 Å². The first-order valence-electron chi connectivity index (χ1n) is 5.79. The van der Waals surface area contributed by atoms with Gasteiger partial charge in [0.15, 0.2) is 0 Å². The second kappa shape index (κ2) is 6.72. The molecule has 0 aliphatic heterocycles. The normalized spacial score (nSPS) is 10.2. The van der Waals surface area contributed by atoms with Crippen molar-refractivity contribution in [3.05, 3.63) is 57.8 Å². The predicted octanol–water partition coefficient (Wildman–Crippen LogP) is 4.29. The van der Waals surface area contributed by atoms with E-state index in [9.17, 15) is 9.18 Å². The Morgan fingerprint density at radius 1 is 1.25 bits per heavy atom. The third-order valence-electron chi connectivity index (χ3n) is 2.48. The molecule has 0 fully saturated rings. The molecule has 0 saturated heterocycles. The minimum Gasteiger partial charge on any atom is -0.374 e. The number of halogens is 3. The number of carbonyl (C=O) groups is 1. The van der Waals surface area contributed by atoms with Crippen molar-refractivity contribution in [3.8, 4) is 0 Å². The number of benzene rings is 2. The second-order valence-electron chi connectivity index (χ2n) is 4.04. The van der Waals surface area contributed by atoms with Crippen LogP contribution in [-0.2, 0) is 4.79 Å². The first kappa shape index (κ1) is 14.8. The molecule has 2 rings (SSSR count). The van der Waals surface area contributed by atoms with Crippen LogP contribution in [0.3, 0.4) is 0 Å². The number of anilines is 2. The van der Waals surface area contributed by atoms with Crippen molar-refractivity contribution in [3.63, 3.8) is 0 Å². The summed E-state index contributed by atoms with van der Waals surface area (Å²) < 4.78 is 14.2. The van der Waals surface area contributed by atoms with Crippen LogP contribution in [0.5, 0.6) is 0 Å². The lowest BCUT2D eigenvalue weighted by atomic mass is 10.3. The molecule has 0 heterocycles. The molecule has 0 spiro atoms. The molecule has 6 heteroatoms. The van der Waals surface area contributed by atoms with Gasteiger partial charge in [-0.25, -0.2) is 4.39 Å². The van der Waals surface area contributed by atoms with Gasteiger partial charge in [-0.05, 0) is 36.4 Å². The van der Waals surface area contributed by atoms with Crippen LogP contribution >= 0.6 is 27.5 Å². The first-order valence-corrected chi connectivity index (χ1v) is 6.96. The topological polar surface area (TPSA) is 41.1 Å². The van der Waals surface area contributed by atoms with Gasteiger partial charge in [0, 0.05) is 15.2 Å². The van der Waals surface area contributed by atoms with E-state index < -0.39 is 5.82 Å². The third kappa shape index (κ3) is 4.21. The van der Waals surface area contributed by atoms with Crippen molar-refractivity contribution in [2.75, 3.05) is 17.2 Å². The Kier molecular flexibility index (Phi) is 4.98. The zero-order valence-corrected chi connectivity index (χ0v) is 12.6. The van der Waals surface area contributed by atoms with Gasteiger partial charge in [0.1, 0.15) is 5.82 Å². The van der Waals surface area contributed by atoms with Crippen molar-refractivity contribution >= 4 is 44.8 Å². The van der Waals surface area contributed by atoms with Gasteiger partial charge < -0.3 is 10.6 Å². The van der Waals surface area contributed by atoms with Gasteiger partial charge in [-0.15, -0.1) is 0 Å². The average Bonchev–Trinajstić information content (AvgIpc) is 2.37. The quantitative estimate of drug-likeness (QED) is 0.857. The largest absolute Gasteiger partial charge is 0.374 e. The van der Waals surface area contributed by atoms with Crippen LogP contribution in [-0.4, -0.2) is 12.5 Å². The predicted molar refractivity (Wildman–Crippen MR) is 82.7 cm³/mol. The van der Waals surface area contributed by atoms with Gasteiger partial charge in [-0.3, -0.25) is 4.79 Å². The van der Waals surface area contributed by atoms with Crippen LogP contribution in [0, 0.1) is 5.82 Å². The Bertz CT molecular complexity index is 636. The van der Waals surface area contributed by atoms with Crippen LogP contribution < -0.4 is 10.6 Å². The summed E-state index contributed by atoms with van der Waals surface area (Å²) in [5.41, 5.74) is 0.870. The Morgan fingerprint density at radius 3 is 2.75 bits per heavy atom. The van der Waals surface area contributed by atoms with Crippen molar-refractivity contribution in [1.29, 1.82) is 0 Å². The van der Waals surface area contributed by atoms with Gasteiger partial charge in [0.05, 0.1) is 12.2 Å². The number of nitrogens with one attached hydrogen (secondary N) is 2. The molecule has 0 saturated carbocycles. The molecule has 1 amide bonds. The Balaban J connectivity index is 1.92. The molecule has 0 radical (unpaired) electrons. The van der Waals surface area contributed by atoms with Gasteiger partial charge in [-0.2, -0.15) is 0 Å². The molecule has 2 aromatic rings. The van der Waals surface area contributed by atoms with Crippen LogP contribution in [0.15, 0.2) is 46.9 Å². The monoisotopic (exact) mass is 356 g/mol. The molecule has 0 aliphatic carbocycles. The van der Waals surface area contributed by atoms with Gasteiger partial charge in [-0.1, -0.05) is 33.6 Å². The highest BCUT2D eigenvalue weighted by Crippen LogP contribution is 2.19. The summed E-state index contributed by atoms with van der Waals surface area (Å²) in [5, 5.41) is 5.94. The molecular formula is C14H11BrClFN2O. The molecule has 0 aliphatic rings. The van der Waals surface area contributed by atoms with E-state index in [1.165, 1.54) is 6.07 Å². The summed E-state index contributed by atoms with van der Waals surface area (Å²) >= 11 is 8.98. The zero-order chi connectivity index (χ0) is 14.5. The van der Waals surface area contributed by atoms with Gasteiger partial charge >= 0.3 is 0 Å². The van der Waals surface area contributed by atoms with Crippen molar-refractivity contribution < 1.29 is 9.18 Å². The van der Waals surface area contributed by atoms with E-state index in [0.29, 0.717) is 15.2 Å². The number of hydrogen-bond donors (Lipinski definition) is 2. The van der Waals surface area contributed by atoms with E-state index in [2.05, 4.69) is 26.6 Å². The fourth-order valence-electron chi connectivity index (χ4n) is 1.58. The highest BCUT2D eigenvalue weighted by molar-refractivity contribution is 9.10. The highest BCUT2D eigenvalue weighted by atomic mass is 79.9. The van der Waals surface area contributed by atoms with Crippen LogP contribution in [0.2, 0.25) is 5.02 Å². The lowest BCUT2D eigenvalue weighted by Crippen LogP contribution is -2.22. The molecule has 3 nitrogen and oxygen atoms in total. The van der Waals surface area contributed by atoms with Crippen LogP contribution in [0.1, 0.15) is 0 Å². The van der Waals surface area contributed by atoms with E-state index in [-0.39, 0.29) is 18.1 Å². The van der Waals surface area contributed by atoms with E-state index in [4.69, 9.17) is 11.6 Å². The van der Waals surface area contributed by atoms with E-state index in [0.717, 1.165) is 0 Å². The molecule has 104 valence electrons. The lowest BCUT2D eigenvalue weighted by molar-refractivity contribution is -0.114. The zero-order valence-electron chi connectivity index (χ0n) is 10.3. The fourth-order valence-corrected chi connectivity index (χ4v) is 2.10. The van der Waals surface area contributed by atoms with Crippen LogP contribution in [0.25, 0.3) is 0 Å². The molecule has 0 aromatic heterocycles. The standard InChI is InChI=1S/C14H11BrClFN2O/c15-9-4-5-13(12(17)6-9)18-8-14(20)19-11-3-1-2-10(16)7-11/h1-7,18H,8H2,(H,19,20). The van der Waals surface area contributed by atoms with Crippen molar-refractivity contribution in [2.24, 2.45) is 0 Å². The third-order valence-corrected chi connectivity index (χ3v) is 3.21. The van der Waals surface area contributed by atoms with E-state index >= 15 is 0 Å². The summed E-state index contributed by atoms with van der Waals surface area (Å²) in [6.07, 6.45) is 0. The number of carbonyl (C=O) groups excluding carboxylic acids is 1. The summed E-state index contributed by atoms with van der Waals surface area (Å²) in [4.78, 5) is 11.7. The molecule has 0 atom stereocenters. The summed E-state index contributed by atoms with van der Waals surface area (Å²) in [7, 11) is 0. The molecule has 0 unspecified atom stereocenters. The summed E-state index contributed by atoms with van der Waals surface area (Å²) in [6.45, 7) is -0.0366. The van der Waals surface area contributed by atoms with E-state index in [1.807, 2.05) is 0 Å². The summed E-state index contributed by atoms with van der Waals surface area (Å²) in [6, 6.07) is 11.4. The SMILES string of the molecule is O=C(CNc1ccc(Br)cc1F)Nc1cccc(Cl)c1. The minimum atomic E-state index is -0.421. The second-order valence-corrected chi connectivity index (χ2v) is 5.39. The average molecular weight is 358 g/mol. The molecule has 2 aromatic carbocycles. The number of amides is 1. The molecular weight excluding hydrogens is 347 g/mol. The Hall–Kier alpha value is -1.59. The smallest absolute Gasteiger partial charge is 0.243 e. The number of rotatable bonds is 4. The van der Waals surface area contributed by atoms with Crippen molar-refractivity contribution in [1.82, 2.24) is 0 Å². The molecule has 2 N–H and O–H groups in total. The van der Waals surface area contributed by atoms with Crippen LogP contribution in [0.4, 0.5) is 15.8 Å². The fraction of sp³-hybridized carbons (Fsp3) is 0.0714. The Labute approximate surface area is 129 Å². The molecule has 20 heavy (non-hydrogen) atoms. The Morgan fingerprint density at radius 2 is 2.05 bits per heavy atom. The number of hydrogen-bond acceptors (Lipinski definition) is 2. The maximum atomic E-state index is 13.5. The molecule has 0 bridgehead atoms. The lowest BCUT2D eigenvalue weighted by Gasteiger charge is -2.09. The van der Waals surface area contributed by atoms with Crippen molar-refractivity contribution in [2.45, 2.75) is 0 Å². The van der Waals surface area contributed by atoms with E-state index in [1.54, 1.807) is 36.4 Å². The summed E-state index contributed by atoms with van der Waals surface area (Å²) in [5.74, 6) is -0.704. The minimum absolute atomic E-state index is 0.0366. The highest BCUT2D eigenvalue weighted by Gasteiger charge is 2.06. The maximum absolute atomic E-state index is 13.5. The maximum Gasteiger partial charge on any atom is 0.243 e.